The fourth-order valence-electron chi connectivity index (χ4n) is 2.40. The van der Waals surface area contributed by atoms with Crippen LogP contribution in [0.25, 0.3) is 11.4 Å². The Morgan fingerprint density at radius 1 is 0.900 bits per heavy atom. The molecule has 1 aliphatic rings. The highest BCUT2D eigenvalue weighted by atomic mass is 15.3. The summed E-state index contributed by atoms with van der Waals surface area (Å²) in [5.41, 5.74) is 3.44. The van der Waals surface area contributed by atoms with Gasteiger partial charge in [0.1, 0.15) is 0 Å². The third kappa shape index (κ3) is 2.80. The van der Waals surface area contributed by atoms with Gasteiger partial charge in [0.2, 0.25) is 0 Å². The molecule has 1 aromatic carbocycles. The lowest BCUT2D eigenvalue weighted by molar-refractivity contribution is 0.312. The molecule has 0 bridgehead atoms. The van der Waals surface area contributed by atoms with Gasteiger partial charge in [-0.2, -0.15) is 0 Å². The number of hydrogen-bond donors (Lipinski definition) is 0. The molecule has 2 heterocycles. The summed E-state index contributed by atoms with van der Waals surface area (Å²) >= 11 is 0. The van der Waals surface area contributed by atoms with Crippen molar-refractivity contribution in [2.75, 3.05) is 38.1 Å². The van der Waals surface area contributed by atoms with E-state index in [1.165, 1.54) is 5.56 Å². The van der Waals surface area contributed by atoms with E-state index in [2.05, 4.69) is 58.0 Å². The minimum atomic E-state index is 0.794. The van der Waals surface area contributed by atoms with Gasteiger partial charge in [0, 0.05) is 31.7 Å². The smallest absolute Gasteiger partial charge is 0.159 e. The van der Waals surface area contributed by atoms with E-state index in [4.69, 9.17) is 0 Å². The van der Waals surface area contributed by atoms with Crippen LogP contribution in [0.3, 0.4) is 0 Å². The van der Waals surface area contributed by atoms with Crippen molar-refractivity contribution in [3.63, 3.8) is 0 Å². The number of likely N-dealkylation sites (N-methyl/N-ethyl adjacent to an activating group) is 1. The lowest BCUT2D eigenvalue weighted by Crippen LogP contribution is -2.44. The van der Waals surface area contributed by atoms with Crippen molar-refractivity contribution in [2.24, 2.45) is 0 Å². The molecule has 4 nitrogen and oxygen atoms in total. The zero-order chi connectivity index (χ0) is 13.9. The number of hydrogen-bond acceptors (Lipinski definition) is 4. The van der Waals surface area contributed by atoms with Gasteiger partial charge < -0.3 is 9.80 Å². The molecule has 1 fully saturated rings. The van der Waals surface area contributed by atoms with Gasteiger partial charge in [0.25, 0.3) is 0 Å². The van der Waals surface area contributed by atoms with E-state index in [1.807, 2.05) is 12.4 Å². The standard InChI is InChI=1S/C16H20N4/c1-13-3-5-14(6-4-13)16-17-11-15(12-18-16)20-9-7-19(2)8-10-20/h3-6,11-12H,7-10H2,1-2H3. The van der Waals surface area contributed by atoms with Gasteiger partial charge in [-0.05, 0) is 14.0 Å². The summed E-state index contributed by atoms with van der Waals surface area (Å²) in [6.07, 6.45) is 3.88. The van der Waals surface area contributed by atoms with Crippen LogP contribution in [0, 0.1) is 6.92 Å². The molecule has 0 radical (unpaired) electrons. The first kappa shape index (κ1) is 13.1. The highest BCUT2D eigenvalue weighted by Gasteiger charge is 2.14. The molecule has 3 rings (SSSR count). The predicted octanol–water partition coefficient (Wildman–Crippen LogP) is 2.20. The molecule has 0 atom stereocenters. The minimum Gasteiger partial charge on any atom is -0.366 e. The summed E-state index contributed by atoms with van der Waals surface area (Å²) in [6.45, 7) is 6.37. The fourth-order valence-corrected chi connectivity index (χ4v) is 2.40. The molecular weight excluding hydrogens is 248 g/mol. The SMILES string of the molecule is Cc1ccc(-c2ncc(N3CCN(C)CC3)cn2)cc1. The Morgan fingerprint density at radius 2 is 1.50 bits per heavy atom. The van der Waals surface area contributed by atoms with E-state index < -0.39 is 0 Å². The summed E-state index contributed by atoms with van der Waals surface area (Å²) in [7, 11) is 2.16. The number of aromatic nitrogens is 2. The zero-order valence-electron chi connectivity index (χ0n) is 12.1. The van der Waals surface area contributed by atoms with Crippen molar-refractivity contribution in [3.05, 3.63) is 42.2 Å². The minimum absolute atomic E-state index is 0.794. The van der Waals surface area contributed by atoms with Crippen LogP contribution in [-0.2, 0) is 0 Å². The quantitative estimate of drug-likeness (QED) is 0.836. The summed E-state index contributed by atoms with van der Waals surface area (Å²) in [6, 6.07) is 8.32. The molecule has 1 saturated heterocycles. The second-order valence-electron chi connectivity index (χ2n) is 5.42. The van der Waals surface area contributed by atoms with Crippen molar-refractivity contribution in [2.45, 2.75) is 6.92 Å². The van der Waals surface area contributed by atoms with Gasteiger partial charge in [0.05, 0.1) is 18.1 Å². The van der Waals surface area contributed by atoms with Crippen molar-refractivity contribution >= 4 is 5.69 Å². The number of benzene rings is 1. The second kappa shape index (κ2) is 5.59. The lowest BCUT2D eigenvalue weighted by Gasteiger charge is -2.33. The molecule has 104 valence electrons. The maximum absolute atomic E-state index is 4.51. The van der Waals surface area contributed by atoms with Gasteiger partial charge in [-0.1, -0.05) is 29.8 Å². The van der Waals surface area contributed by atoms with Gasteiger partial charge in [-0.25, -0.2) is 9.97 Å². The van der Waals surface area contributed by atoms with Crippen LogP contribution in [0.1, 0.15) is 5.56 Å². The fraction of sp³-hybridized carbons (Fsp3) is 0.375. The molecule has 0 aliphatic carbocycles. The molecule has 0 spiro atoms. The number of piperazine rings is 1. The molecule has 0 unspecified atom stereocenters. The Balaban J connectivity index is 1.76. The summed E-state index contributed by atoms with van der Waals surface area (Å²) in [4.78, 5) is 13.7. The number of aryl methyl sites for hydroxylation is 1. The molecule has 0 saturated carbocycles. The second-order valence-corrected chi connectivity index (χ2v) is 5.42. The third-order valence-corrected chi connectivity index (χ3v) is 3.82. The Morgan fingerprint density at radius 3 is 2.10 bits per heavy atom. The third-order valence-electron chi connectivity index (χ3n) is 3.82. The van der Waals surface area contributed by atoms with Crippen molar-refractivity contribution in [1.29, 1.82) is 0 Å². The molecular formula is C16H20N4. The van der Waals surface area contributed by atoms with Crippen molar-refractivity contribution in [3.8, 4) is 11.4 Å². The largest absolute Gasteiger partial charge is 0.366 e. The highest BCUT2D eigenvalue weighted by molar-refractivity contribution is 5.56. The maximum Gasteiger partial charge on any atom is 0.159 e. The first-order valence-corrected chi connectivity index (χ1v) is 7.05. The van der Waals surface area contributed by atoms with E-state index in [-0.39, 0.29) is 0 Å². The van der Waals surface area contributed by atoms with Crippen LogP contribution in [0.15, 0.2) is 36.7 Å². The average molecular weight is 268 g/mol. The maximum atomic E-state index is 4.51. The molecule has 1 aliphatic heterocycles. The first-order chi connectivity index (χ1) is 9.72. The van der Waals surface area contributed by atoms with Crippen LogP contribution < -0.4 is 4.90 Å². The van der Waals surface area contributed by atoms with E-state index in [1.54, 1.807) is 0 Å². The topological polar surface area (TPSA) is 32.3 Å². The van der Waals surface area contributed by atoms with Crippen molar-refractivity contribution < 1.29 is 0 Å². The van der Waals surface area contributed by atoms with Crippen LogP contribution in [0.5, 0.6) is 0 Å². The van der Waals surface area contributed by atoms with Crippen molar-refractivity contribution in [1.82, 2.24) is 14.9 Å². The highest BCUT2D eigenvalue weighted by Crippen LogP contribution is 2.19. The Kier molecular flexibility index (Phi) is 3.65. The zero-order valence-corrected chi connectivity index (χ0v) is 12.1. The first-order valence-electron chi connectivity index (χ1n) is 7.05. The molecule has 4 heteroatoms. The lowest BCUT2D eigenvalue weighted by atomic mass is 10.1. The molecule has 1 aromatic heterocycles. The molecule has 20 heavy (non-hydrogen) atoms. The van der Waals surface area contributed by atoms with Crippen LogP contribution >= 0.6 is 0 Å². The van der Waals surface area contributed by atoms with E-state index in [0.717, 1.165) is 43.3 Å². The van der Waals surface area contributed by atoms with Gasteiger partial charge in [-0.15, -0.1) is 0 Å². The number of rotatable bonds is 2. The van der Waals surface area contributed by atoms with Crippen LogP contribution in [0.4, 0.5) is 5.69 Å². The number of anilines is 1. The number of nitrogens with zero attached hydrogens (tertiary/aromatic N) is 4. The Labute approximate surface area is 120 Å². The average Bonchev–Trinajstić information content (AvgIpc) is 2.49. The van der Waals surface area contributed by atoms with Crippen LogP contribution in [-0.4, -0.2) is 48.1 Å². The normalized spacial score (nSPS) is 16.4. The van der Waals surface area contributed by atoms with Gasteiger partial charge >= 0.3 is 0 Å². The van der Waals surface area contributed by atoms with E-state index in [9.17, 15) is 0 Å². The summed E-state index contributed by atoms with van der Waals surface area (Å²) in [5.74, 6) is 0.794. The Hall–Kier alpha value is -1.94. The van der Waals surface area contributed by atoms with Gasteiger partial charge in [-0.3, -0.25) is 0 Å². The molecule has 2 aromatic rings. The van der Waals surface area contributed by atoms with Crippen LogP contribution in [0.2, 0.25) is 0 Å². The summed E-state index contributed by atoms with van der Waals surface area (Å²) in [5, 5.41) is 0. The molecule has 0 N–H and O–H groups in total. The molecule has 0 amide bonds. The predicted molar refractivity (Wildman–Crippen MR) is 81.9 cm³/mol. The van der Waals surface area contributed by atoms with E-state index in [0.29, 0.717) is 0 Å². The summed E-state index contributed by atoms with van der Waals surface area (Å²) < 4.78 is 0. The Bertz CT molecular complexity index is 554. The van der Waals surface area contributed by atoms with Gasteiger partial charge in [0.15, 0.2) is 5.82 Å². The van der Waals surface area contributed by atoms with E-state index >= 15 is 0 Å². The monoisotopic (exact) mass is 268 g/mol.